The van der Waals surface area contributed by atoms with Gasteiger partial charge in [0.05, 0.1) is 6.54 Å². The van der Waals surface area contributed by atoms with Crippen LogP contribution in [0.25, 0.3) is 0 Å². The Bertz CT molecular complexity index is 382. The number of nitrogens with one attached hydrogen (secondary N) is 1. The first-order chi connectivity index (χ1) is 8.72. The molecule has 0 atom stereocenters. The Morgan fingerprint density at radius 3 is 3.06 bits per heavy atom. The lowest BCUT2D eigenvalue weighted by molar-refractivity contribution is 0.320. The molecule has 0 aliphatic rings. The topological polar surface area (TPSA) is 59.6 Å². The Morgan fingerprint density at radius 2 is 2.33 bits per heavy atom. The maximum Gasteiger partial charge on any atom is 0.188 e. The monoisotopic (exact) mass is 253 g/mol. The molecule has 0 spiro atoms. The summed E-state index contributed by atoms with van der Waals surface area (Å²) in [7, 11) is 0. The van der Waals surface area contributed by atoms with Gasteiger partial charge in [0, 0.05) is 12.6 Å². The quantitative estimate of drug-likeness (QED) is 0.443. The molecule has 0 heterocycles. The number of unbranched alkanes of at least 4 members (excludes halogenated alkanes) is 1. The van der Waals surface area contributed by atoms with Crippen LogP contribution in [0.5, 0.6) is 5.75 Å². The van der Waals surface area contributed by atoms with Crippen molar-refractivity contribution in [2.75, 3.05) is 19.7 Å². The molecule has 3 N–H and O–H groups in total. The number of hydrogen-bond acceptors (Lipinski definition) is 2. The summed E-state index contributed by atoms with van der Waals surface area (Å²) in [4.78, 5) is 4.14. The molecule has 0 aromatic heterocycles. The van der Waals surface area contributed by atoms with E-state index in [0.29, 0.717) is 24.9 Å². The summed E-state index contributed by atoms with van der Waals surface area (Å²) >= 11 is 0. The van der Waals surface area contributed by atoms with Gasteiger partial charge in [-0.2, -0.15) is 0 Å². The van der Waals surface area contributed by atoms with E-state index >= 15 is 0 Å². The zero-order chi connectivity index (χ0) is 13.2. The molecule has 1 aromatic rings. The third-order valence-electron chi connectivity index (χ3n) is 2.27. The summed E-state index contributed by atoms with van der Waals surface area (Å²) in [5.74, 6) is 0.630. The molecule has 100 valence electrons. The van der Waals surface area contributed by atoms with Crippen LogP contribution in [0.15, 0.2) is 29.3 Å². The maximum absolute atomic E-state index is 12.8. The third kappa shape index (κ3) is 6.08. The zero-order valence-corrected chi connectivity index (χ0v) is 10.7. The summed E-state index contributed by atoms with van der Waals surface area (Å²) in [6, 6.07) is 6.04. The molecule has 0 aliphatic carbocycles. The Kier molecular flexibility index (Phi) is 6.61. The van der Waals surface area contributed by atoms with Crippen molar-refractivity contribution in [3.8, 4) is 5.75 Å². The van der Waals surface area contributed by atoms with Crippen molar-refractivity contribution in [1.82, 2.24) is 5.32 Å². The summed E-state index contributed by atoms with van der Waals surface area (Å²) in [5, 5.41) is 2.94. The van der Waals surface area contributed by atoms with Crippen molar-refractivity contribution in [3.63, 3.8) is 0 Å². The van der Waals surface area contributed by atoms with Gasteiger partial charge in [0.15, 0.2) is 5.96 Å². The van der Waals surface area contributed by atoms with E-state index in [9.17, 15) is 4.39 Å². The predicted octanol–water partition coefficient (Wildman–Crippen LogP) is 1.91. The van der Waals surface area contributed by atoms with Gasteiger partial charge in [0.2, 0.25) is 0 Å². The molecule has 0 fully saturated rings. The standard InChI is InChI=1S/C13H20FN3O/c1-2-3-7-16-13(15)17-8-9-18-12-6-4-5-11(14)10-12/h4-6,10H,2-3,7-9H2,1H3,(H3,15,16,17). The van der Waals surface area contributed by atoms with Gasteiger partial charge < -0.3 is 15.8 Å². The lowest BCUT2D eigenvalue weighted by atomic mass is 10.3. The molecule has 18 heavy (non-hydrogen) atoms. The Morgan fingerprint density at radius 1 is 1.50 bits per heavy atom. The van der Waals surface area contributed by atoms with Gasteiger partial charge >= 0.3 is 0 Å². The second kappa shape index (κ2) is 8.33. The van der Waals surface area contributed by atoms with Crippen LogP contribution in [-0.2, 0) is 0 Å². The molecule has 5 heteroatoms. The van der Waals surface area contributed by atoms with Crippen LogP contribution in [0.1, 0.15) is 19.8 Å². The number of hydrogen-bond donors (Lipinski definition) is 2. The predicted molar refractivity (Wildman–Crippen MR) is 71.3 cm³/mol. The Hall–Kier alpha value is -1.78. The average Bonchev–Trinajstić information content (AvgIpc) is 2.35. The first-order valence-corrected chi connectivity index (χ1v) is 6.14. The number of benzene rings is 1. The van der Waals surface area contributed by atoms with E-state index in [1.165, 1.54) is 12.1 Å². The minimum absolute atomic E-state index is 0.305. The van der Waals surface area contributed by atoms with E-state index in [1.54, 1.807) is 12.1 Å². The SMILES string of the molecule is CCCCN=C(N)NCCOc1cccc(F)c1. The van der Waals surface area contributed by atoms with E-state index in [0.717, 1.165) is 19.4 Å². The van der Waals surface area contributed by atoms with Crippen molar-refractivity contribution in [1.29, 1.82) is 0 Å². The molecule has 0 amide bonds. The molecular weight excluding hydrogens is 233 g/mol. The summed E-state index contributed by atoms with van der Waals surface area (Å²) in [5.41, 5.74) is 5.64. The van der Waals surface area contributed by atoms with Crippen LogP contribution in [0.4, 0.5) is 4.39 Å². The fraction of sp³-hybridized carbons (Fsp3) is 0.462. The lowest BCUT2D eigenvalue weighted by Crippen LogP contribution is -2.34. The molecule has 1 rings (SSSR count). The van der Waals surface area contributed by atoms with Crippen LogP contribution < -0.4 is 15.8 Å². The van der Waals surface area contributed by atoms with Gasteiger partial charge in [-0.15, -0.1) is 0 Å². The highest BCUT2D eigenvalue weighted by molar-refractivity contribution is 5.77. The molecule has 0 unspecified atom stereocenters. The van der Waals surface area contributed by atoms with Gasteiger partial charge in [-0.05, 0) is 18.6 Å². The normalized spacial score (nSPS) is 11.3. The molecule has 0 saturated heterocycles. The molecule has 4 nitrogen and oxygen atoms in total. The number of ether oxygens (including phenoxy) is 1. The highest BCUT2D eigenvalue weighted by Crippen LogP contribution is 2.11. The molecule has 0 aliphatic heterocycles. The van der Waals surface area contributed by atoms with Gasteiger partial charge in [0.25, 0.3) is 0 Å². The van der Waals surface area contributed by atoms with Gasteiger partial charge in [-0.1, -0.05) is 19.4 Å². The fourth-order valence-electron chi connectivity index (χ4n) is 1.32. The Balaban J connectivity index is 2.16. The second-order valence-corrected chi connectivity index (χ2v) is 3.85. The number of nitrogens with two attached hydrogens (primary N) is 1. The first kappa shape index (κ1) is 14.3. The van der Waals surface area contributed by atoms with E-state index in [-0.39, 0.29) is 5.82 Å². The minimum atomic E-state index is -0.305. The fourth-order valence-corrected chi connectivity index (χ4v) is 1.32. The van der Waals surface area contributed by atoms with E-state index < -0.39 is 0 Å². The first-order valence-electron chi connectivity index (χ1n) is 6.14. The van der Waals surface area contributed by atoms with E-state index in [1.807, 2.05) is 0 Å². The molecule has 0 saturated carbocycles. The van der Waals surface area contributed by atoms with Crippen molar-refractivity contribution in [2.45, 2.75) is 19.8 Å². The van der Waals surface area contributed by atoms with Crippen molar-refractivity contribution >= 4 is 5.96 Å². The third-order valence-corrected chi connectivity index (χ3v) is 2.27. The van der Waals surface area contributed by atoms with Crippen LogP contribution >= 0.6 is 0 Å². The van der Waals surface area contributed by atoms with Crippen molar-refractivity contribution in [2.24, 2.45) is 10.7 Å². The summed E-state index contributed by atoms with van der Waals surface area (Å²) in [6.07, 6.45) is 2.13. The van der Waals surface area contributed by atoms with Gasteiger partial charge in [-0.3, -0.25) is 4.99 Å². The second-order valence-electron chi connectivity index (χ2n) is 3.85. The summed E-state index contributed by atoms with van der Waals surface area (Å²) in [6.45, 7) is 3.79. The minimum Gasteiger partial charge on any atom is -0.492 e. The number of rotatable bonds is 7. The number of nitrogens with zero attached hydrogens (tertiary/aromatic N) is 1. The maximum atomic E-state index is 12.8. The molecule has 0 bridgehead atoms. The Labute approximate surface area is 107 Å². The largest absolute Gasteiger partial charge is 0.492 e. The highest BCUT2D eigenvalue weighted by atomic mass is 19.1. The van der Waals surface area contributed by atoms with Crippen molar-refractivity contribution in [3.05, 3.63) is 30.1 Å². The van der Waals surface area contributed by atoms with Crippen LogP contribution in [0, 0.1) is 5.82 Å². The highest BCUT2D eigenvalue weighted by Gasteiger charge is 1.96. The zero-order valence-electron chi connectivity index (χ0n) is 10.7. The average molecular weight is 253 g/mol. The van der Waals surface area contributed by atoms with E-state index in [4.69, 9.17) is 10.5 Å². The van der Waals surface area contributed by atoms with Crippen LogP contribution in [0.3, 0.4) is 0 Å². The summed E-state index contributed by atoms with van der Waals surface area (Å²) < 4.78 is 18.2. The van der Waals surface area contributed by atoms with Crippen LogP contribution in [-0.4, -0.2) is 25.7 Å². The molecular formula is C13H20FN3O. The smallest absolute Gasteiger partial charge is 0.188 e. The number of halogens is 1. The van der Waals surface area contributed by atoms with Gasteiger partial charge in [0.1, 0.15) is 18.2 Å². The lowest BCUT2D eigenvalue weighted by Gasteiger charge is -2.08. The number of guanidine groups is 1. The van der Waals surface area contributed by atoms with Gasteiger partial charge in [-0.25, -0.2) is 4.39 Å². The van der Waals surface area contributed by atoms with Crippen molar-refractivity contribution < 1.29 is 9.13 Å². The molecule has 1 aromatic carbocycles. The van der Waals surface area contributed by atoms with E-state index in [2.05, 4.69) is 17.2 Å². The van der Waals surface area contributed by atoms with Crippen LogP contribution in [0.2, 0.25) is 0 Å². The number of aliphatic imine (C=N–C) groups is 1. The molecule has 0 radical (unpaired) electrons.